The molecule has 2 aromatic rings. The monoisotopic (exact) mass is 499 g/mol. The third-order valence-electron chi connectivity index (χ3n) is 7.01. The van der Waals surface area contributed by atoms with Crippen LogP contribution in [0.15, 0.2) is 48.5 Å². The normalized spacial score (nSPS) is 21.0. The first kappa shape index (κ1) is 25.3. The quantitative estimate of drug-likeness (QED) is 0.579. The minimum Gasteiger partial charge on any atom is -0.497 e. The Hall–Kier alpha value is -2.77. The molecule has 2 heterocycles. The van der Waals surface area contributed by atoms with E-state index in [1.54, 1.807) is 31.4 Å². The van der Waals surface area contributed by atoms with Crippen molar-refractivity contribution in [2.75, 3.05) is 60.0 Å². The van der Waals surface area contributed by atoms with Gasteiger partial charge in [-0.3, -0.25) is 9.59 Å². The molecule has 2 aliphatic heterocycles. The molecule has 0 aliphatic carbocycles. The van der Waals surface area contributed by atoms with E-state index < -0.39 is 5.41 Å². The molecule has 0 aromatic heterocycles. The number of piperazine rings is 1. The van der Waals surface area contributed by atoms with Crippen molar-refractivity contribution in [1.82, 2.24) is 14.7 Å². The maximum absolute atomic E-state index is 13.4. The molecule has 8 heteroatoms. The summed E-state index contributed by atoms with van der Waals surface area (Å²) in [6.45, 7) is 4.69. The van der Waals surface area contributed by atoms with E-state index in [9.17, 15) is 9.59 Å². The molecule has 2 amide bonds. The number of methoxy groups -OCH3 is 1. The second-order valence-electron chi connectivity index (χ2n) is 9.67. The summed E-state index contributed by atoms with van der Waals surface area (Å²) < 4.78 is 11.5. The summed E-state index contributed by atoms with van der Waals surface area (Å²) >= 11 is 6.02. The first-order valence-corrected chi connectivity index (χ1v) is 12.5. The fraction of sp³-hybridized carbons (Fsp3) is 0.481. The first-order valence-electron chi connectivity index (χ1n) is 12.2. The predicted octanol–water partition coefficient (Wildman–Crippen LogP) is 3.81. The molecule has 2 aromatic carbocycles. The van der Waals surface area contributed by atoms with Crippen LogP contribution in [0.4, 0.5) is 0 Å². The highest BCUT2D eigenvalue weighted by Crippen LogP contribution is 2.36. The zero-order valence-electron chi connectivity index (χ0n) is 20.5. The fourth-order valence-corrected chi connectivity index (χ4v) is 5.01. The second kappa shape index (κ2) is 11.3. The lowest BCUT2D eigenvalue weighted by Gasteiger charge is -2.43. The molecule has 2 aliphatic rings. The summed E-state index contributed by atoms with van der Waals surface area (Å²) in [6, 6.07) is 14.5. The van der Waals surface area contributed by atoms with Crippen molar-refractivity contribution in [1.29, 1.82) is 0 Å². The van der Waals surface area contributed by atoms with E-state index in [0.717, 1.165) is 39.0 Å². The summed E-state index contributed by atoms with van der Waals surface area (Å²) in [5.74, 6) is 1.44. The van der Waals surface area contributed by atoms with Gasteiger partial charge in [0.1, 0.15) is 11.5 Å². The molecular formula is C27H34ClN3O4. The number of hydrogen-bond donors (Lipinski definition) is 0. The van der Waals surface area contributed by atoms with Gasteiger partial charge in [-0.25, -0.2) is 0 Å². The number of likely N-dealkylation sites (tertiary alicyclic amines) is 1. The summed E-state index contributed by atoms with van der Waals surface area (Å²) in [4.78, 5) is 32.8. The van der Waals surface area contributed by atoms with Gasteiger partial charge in [-0.15, -0.1) is 0 Å². The Morgan fingerprint density at radius 2 is 1.71 bits per heavy atom. The molecule has 188 valence electrons. The van der Waals surface area contributed by atoms with Gasteiger partial charge in [-0.05, 0) is 62.4 Å². The van der Waals surface area contributed by atoms with Crippen LogP contribution in [0.25, 0.3) is 0 Å². The van der Waals surface area contributed by atoms with Crippen molar-refractivity contribution in [3.05, 3.63) is 59.1 Å². The number of likely N-dealkylation sites (N-methyl/N-ethyl adjacent to an activating group) is 1. The number of amides is 2. The van der Waals surface area contributed by atoms with Crippen LogP contribution >= 0.6 is 11.6 Å². The zero-order valence-corrected chi connectivity index (χ0v) is 21.3. The van der Waals surface area contributed by atoms with E-state index in [2.05, 4.69) is 11.9 Å². The second-order valence-corrected chi connectivity index (χ2v) is 10.1. The maximum Gasteiger partial charge on any atom is 0.254 e. The number of ether oxygens (including phenoxy) is 2. The largest absolute Gasteiger partial charge is 0.497 e. The molecule has 0 bridgehead atoms. The van der Waals surface area contributed by atoms with E-state index >= 15 is 0 Å². The van der Waals surface area contributed by atoms with Gasteiger partial charge in [-0.2, -0.15) is 0 Å². The van der Waals surface area contributed by atoms with Gasteiger partial charge in [0, 0.05) is 61.7 Å². The van der Waals surface area contributed by atoms with Crippen molar-refractivity contribution in [2.45, 2.75) is 19.3 Å². The summed E-state index contributed by atoms with van der Waals surface area (Å²) in [6.07, 6.45) is 1.99. The van der Waals surface area contributed by atoms with Crippen LogP contribution in [0.3, 0.4) is 0 Å². The molecular weight excluding hydrogens is 466 g/mol. The standard InChI is InChI=1S/C27H34ClN3O4/c1-29-13-15-30(16-14-29)25(32)18-27(20-35-23-9-7-22(28)8-10-23)11-4-12-31(19-27)26(33)21-5-3-6-24(17-21)34-2/h3,5-10,17H,4,11-16,18-20H2,1-2H3/t27-/m1/s1. The summed E-state index contributed by atoms with van der Waals surface area (Å²) in [7, 11) is 3.67. The molecule has 0 radical (unpaired) electrons. The van der Waals surface area contributed by atoms with E-state index in [0.29, 0.717) is 48.2 Å². The molecule has 0 unspecified atom stereocenters. The number of carbonyl (C=O) groups is 2. The Bertz CT molecular complexity index is 1020. The van der Waals surface area contributed by atoms with Crippen LogP contribution < -0.4 is 9.47 Å². The molecule has 35 heavy (non-hydrogen) atoms. The lowest BCUT2D eigenvalue weighted by atomic mass is 9.77. The van der Waals surface area contributed by atoms with Gasteiger partial charge in [0.15, 0.2) is 0 Å². The smallest absolute Gasteiger partial charge is 0.254 e. The minimum absolute atomic E-state index is 0.0495. The fourth-order valence-electron chi connectivity index (χ4n) is 4.89. The number of hydrogen-bond acceptors (Lipinski definition) is 5. The van der Waals surface area contributed by atoms with E-state index in [1.165, 1.54) is 0 Å². The number of halogens is 1. The van der Waals surface area contributed by atoms with Crippen molar-refractivity contribution in [3.63, 3.8) is 0 Å². The number of carbonyl (C=O) groups excluding carboxylic acids is 2. The average molecular weight is 500 g/mol. The highest BCUT2D eigenvalue weighted by Gasteiger charge is 2.41. The van der Waals surface area contributed by atoms with Crippen LogP contribution in [0, 0.1) is 5.41 Å². The Balaban J connectivity index is 1.52. The van der Waals surface area contributed by atoms with Gasteiger partial charge < -0.3 is 24.2 Å². The molecule has 2 saturated heterocycles. The highest BCUT2D eigenvalue weighted by molar-refractivity contribution is 6.30. The molecule has 0 N–H and O–H groups in total. The number of benzene rings is 2. The molecule has 0 saturated carbocycles. The minimum atomic E-state index is -0.465. The third kappa shape index (κ3) is 6.47. The Morgan fingerprint density at radius 3 is 2.43 bits per heavy atom. The van der Waals surface area contributed by atoms with Gasteiger partial charge in [0.05, 0.1) is 13.7 Å². The number of piperidine rings is 1. The lowest BCUT2D eigenvalue weighted by molar-refractivity contribution is -0.137. The van der Waals surface area contributed by atoms with Crippen molar-refractivity contribution in [3.8, 4) is 11.5 Å². The molecule has 7 nitrogen and oxygen atoms in total. The van der Waals surface area contributed by atoms with E-state index in [-0.39, 0.29) is 11.8 Å². The molecule has 4 rings (SSSR count). The molecule has 2 fully saturated rings. The molecule has 1 atom stereocenters. The SMILES string of the molecule is COc1cccc(C(=O)N2CCC[C@@](COc3ccc(Cl)cc3)(CC(=O)N3CCN(C)CC3)C2)c1. The highest BCUT2D eigenvalue weighted by atomic mass is 35.5. The van der Waals surface area contributed by atoms with E-state index in [4.69, 9.17) is 21.1 Å². The summed E-state index contributed by atoms with van der Waals surface area (Å²) in [5, 5.41) is 0.644. The van der Waals surface area contributed by atoms with Crippen molar-refractivity contribution < 1.29 is 19.1 Å². The Morgan fingerprint density at radius 1 is 0.971 bits per heavy atom. The zero-order chi connectivity index (χ0) is 24.8. The maximum atomic E-state index is 13.4. The predicted molar refractivity (Wildman–Crippen MR) is 136 cm³/mol. The third-order valence-corrected chi connectivity index (χ3v) is 7.26. The Labute approximate surface area is 212 Å². The van der Waals surface area contributed by atoms with Crippen LogP contribution in [-0.2, 0) is 4.79 Å². The van der Waals surface area contributed by atoms with Crippen LogP contribution in [0.2, 0.25) is 5.02 Å². The van der Waals surface area contributed by atoms with E-state index in [1.807, 2.05) is 34.1 Å². The molecule has 0 spiro atoms. The van der Waals surface area contributed by atoms with Crippen LogP contribution in [0.1, 0.15) is 29.6 Å². The van der Waals surface area contributed by atoms with Crippen molar-refractivity contribution >= 4 is 23.4 Å². The first-order chi connectivity index (χ1) is 16.9. The van der Waals surface area contributed by atoms with Crippen LogP contribution in [0.5, 0.6) is 11.5 Å². The number of nitrogens with zero attached hydrogens (tertiary/aromatic N) is 3. The van der Waals surface area contributed by atoms with Crippen molar-refractivity contribution in [2.24, 2.45) is 5.41 Å². The number of rotatable bonds is 7. The van der Waals surface area contributed by atoms with Gasteiger partial charge in [0.25, 0.3) is 5.91 Å². The average Bonchev–Trinajstić information content (AvgIpc) is 2.88. The van der Waals surface area contributed by atoms with Gasteiger partial charge in [0.2, 0.25) is 5.91 Å². The lowest BCUT2D eigenvalue weighted by Crippen LogP contribution is -2.53. The van der Waals surface area contributed by atoms with Gasteiger partial charge in [-0.1, -0.05) is 17.7 Å². The Kier molecular flexibility index (Phi) is 8.19. The van der Waals surface area contributed by atoms with Gasteiger partial charge >= 0.3 is 0 Å². The summed E-state index contributed by atoms with van der Waals surface area (Å²) in [5.41, 5.74) is 0.122. The van der Waals surface area contributed by atoms with Crippen LogP contribution in [-0.4, -0.2) is 86.5 Å². The topological polar surface area (TPSA) is 62.3 Å².